The lowest BCUT2D eigenvalue weighted by atomic mass is 10.0. The van der Waals surface area contributed by atoms with Crippen LogP contribution in [0.1, 0.15) is 37.9 Å². The van der Waals surface area contributed by atoms with E-state index in [4.69, 9.17) is 0 Å². The number of nitrogens with one attached hydrogen (secondary N) is 1. The van der Waals surface area contributed by atoms with E-state index in [2.05, 4.69) is 25.9 Å². The Kier molecular flexibility index (Phi) is 3.37. The van der Waals surface area contributed by atoms with E-state index in [0.717, 1.165) is 29.2 Å². The Labute approximate surface area is 114 Å². The van der Waals surface area contributed by atoms with Crippen LogP contribution in [0, 0.1) is 11.7 Å². The Hall–Kier alpha value is -0.900. The summed E-state index contributed by atoms with van der Waals surface area (Å²) in [6, 6.07) is 3.24. The van der Waals surface area contributed by atoms with Crippen LogP contribution < -0.4 is 0 Å². The maximum absolute atomic E-state index is 13.4. The van der Waals surface area contributed by atoms with Crippen molar-refractivity contribution >= 4 is 27.0 Å². The van der Waals surface area contributed by atoms with Crippen LogP contribution in [0.3, 0.4) is 0 Å². The van der Waals surface area contributed by atoms with Crippen molar-refractivity contribution in [3.8, 4) is 0 Å². The molecule has 1 aliphatic rings. The first-order valence-corrected chi connectivity index (χ1v) is 7.35. The van der Waals surface area contributed by atoms with Gasteiger partial charge in [0.15, 0.2) is 0 Å². The lowest BCUT2D eigenvalue weighted by Crippen LogP contribution is -1.97. The smallest absolute Gasteiger partial charge is 0.139 e. The lowest BCUT2D eigenvalue weighted by Gasteiger charge is -2.05. The van der Waals surface area contributed by atoms with Crippen molar-refractivity contribution in [2.45, 2.75) is 38.5 Å². The first-order valence-electron chi connectivity index (χ1n) is 6.56. The molecule has 0 aliphatic heterocycles. The number of halogens is 2. The average Bonchev–Trinajstić information content (AvgIpc) is 2.96. The van der Waals surface area contributed by atoms with Gasteiger partial charge in [-0.2, -0.15) is 0 Å². The molecule has 18 heavy (non-hydrogen) atoms. The molecule has 1 heterocycles. The molecule has 1 N–H and O–H groups in total. The van der Waals surface area contributed by atoms with Crippen molar-refractivity contribution in [1.29, 1.82) is 0 Å². The monoisotopic (exact) mass is 310 g/mol. The number of aromatic nitrogens is 2. The van der Waals surface area contributed by atoms with Gasteiger partial charge in [0, 0.05) is 12.5 Å². The van der Waals surface area contributed by atoms with Gasteiger partial charge in [0.25, 0.3) is 0 Å². The summed E-state index contributed by atoms with van der Waals surface area (Å²) < 4.78 is 13.9. The van der Waals surface area contributed by atoms with Crippen molar-refractivity contribution in [3.63, 3.8) is 0 Å². The fourth-order valence-electron chi connectivity index (χ4n) is 2.82. The van der Waals surface area contributed by atoms with Gasteiger partial charge in [0.2, 0.25) is 0 Å². The van der Waals surface area contributed by atoms with Crippen molar-refractivity contribution in [2.24, 2.45) is 5.92 Å². The zero-order valence-corrected chi connectivity index (χ0v) is 11.8. The van der Waals surface area contributed by atoms with Crippen LogP contribution in [0.4, 0.5) is 4.39 Å². The molecule has 1 saturated carbocycles. The highest BCUT2D eigenvalue weighted by Gasteiger charge is 2.15. The molecule has 1 aromatic carbocycles. The molecule has 2 nitrogen and oxygen atoms in total. The third-order valence-corrected chi connectivity index (χ3v) is 4.44. The highest BCUT2D eigenvalue weighted by atomic mass is 79.9. The number of aryl methyl sites for hydroxylation is 1. The molecule has 0 spiro atoms. The topological polar surface area (TPSA) is 28.7 Å². The Morgan fingerprint density at radius 2 is 2.11 bits per heavy atom. The first kappa shape index (κ1) is 12.2. The molecular weight excluding hydrogens is 295 g/mol. The Morgan fingerprint density at radius 1 is 1.33 bits per heavy atom. The predicted molar refractivity (Wildman–Crippen MR) is 74.0 cm³/mol. The molecule has 3 rings (SSSR count). The predicted octanol–water partition coefficient (Wildman–Crippen LogP) is 4.59. The van der Waals surface area contributed by atoms with Crippen molar-refractivity contribution in [3.05, 3.63) is 28.2 Å². The van der Waals surface area contributed by atoms with Gasteiger partial charge in [-0.25, -0.2) is 9.37 Å². The van der Waals surface area contributed by atoms with Crippen LogP contribution in [0.2, 0.25) is 0 Å². The minimum Gasteiger partial charge on any atom is -0.342 e. The van der Waals surface area contributed by atoms with E-state index in [1.54, 1.807) is 6.07 Å². The van der Waals surface area contributed by atoms with Crippen LogP contribution in [0.5, 0.6) is 0 Å². The number of benzene rings is 1. The molecule has 1 fully saturated rings. The van der Waals surface area contributed by atoms with Gasteiger partial charge in [0.1, 0.15) is 11.6 Å². The molecule has 0 amide bonds. The third kappa shape index (κ3) is 2.44. The summed E-state index contributed by atoms with van der Waals surface area (Å²) in [6.45, 7) is 0. The van der Waals surface area contributed by atoms with E-state index in [1.165, 1.54) is 38.2 Å². The zero-order valence-electron chi connectivity index (χ0n) is 10.2. The van der Waals surface area contributed by atoms with Gasteiger partial charge < -0.3 is 4.98 Å². The largest absolute Gasteiger partial charge is 0.342 e. The van der Waals surface area contributed by atoms with Crippen LogP contribution in [0.25, 0.3) is 11.0 Å². The summed E-state index contributed by atoms with van der Waals surface area (Å²) in [4.78, 5) is 7.74. The number of hydrogen-bond acceptors (Lipinski definition) is 1. The minimum atomic E-state index is -0.242. The summed E-state index contributed by atoms with van der Waals surface area (Å²) in [5.41, 5.74) is 1.63. The SMILES string of the molecule is Fc1cc2[nH]c(CCC3CCCC3)nc2cc1Br. The van der Waals surface area contributed by atoms with Crippen molar-refractivity contribution in [1.82, 2.24) is 9.97 Å². The number of H-pyrrole nitrogens is 1. The van der Waals surface area contributed by atoms with E-state index >= 15 is 0 Å². The molecule has 4 heteroatoms. The number of aromatic amines is 1. The maximum Gasteiger partial charge on any atom is 0.139 e. The molecule has 1 aliphatic carbocycles. The maximum atomic E-state index is 13.4. The number of imidazole rings is 1. The van der Waals surface area contributed by atoms with E-state index in [1.807, 2.05) is 0 Å². The highest BCUT2D eigenvalue weighted by molar-refractivity contribution is 9.10. The van der Waals surface area contributed by atoms with Gasteiger partial charge in [-0.15, -0.1) is 0 Å². The zero-order chi connectivity index (χ0) is 12.5. The fourth-order valence-corrected chi connectivity index (χ4v) is 3.15. The second-order valence-corrected chi connectivity index (χ2v) is 6.01. The first-order chi connectivity index (χ1) is 8.72. The summed E-state index contributed by atoms with van der Waals surface area (Å²) in [5, 5.41) is 0. The average molecular weight is 311 g/mol. The van der Waals surface area contributed by atoms with Gasteiger partial charge in [-0.3, -0.25) is 0 Å². The number of fused-ring (bicyclic) bond motifs is 1. The molecule has 96 valence electrons. The molecule has 0 bridgehead atoms. The quantitative estimate of drug-likeness (QED) is 0.882. The normalized spacial score (nSPS) is 16.8. The van der Waals surface area contributed by atoms with E-state index in [9.17, 15) is 4.39 Å². The third-order valence-electron chi connectivity index (χ3n) is 3.84. The fraction of sp³-hybridized carbons (Fsp3) is 0.500. The summed E-state index contributed by atoms with van der Waals surface area (Å²) in [5.74, 6) is 1.60. The summed E-state index contributed by atoms with van der Waals surface area (Å²) in [6.07, 6.45) is 7.65. The molecule has 0 unspecified atom stereocenters. The lowest BCUT2D eigenvalue weighted by molar-refractivity contribution is 0.498. The van der Waals surface area contributed by atoms with Crippen LogP contribution in [0.15, 0.2) is 16.6 Å². The van der Waals surface area contributed by atoms with Gasteiger partial charge >= 0.3 is 0 Å². The Bertz CT molecular complexity index is 519. The number of hydrogen-bond donors (Lipinski definition) is 1. The molecule has 0 saturated heterocycles. The standard InChI is InChI=1S/C14H16BrFN2/c15-10-7-12-13(8-11(10)16)18-14(17-12)6-5-9-3-1-2-4-9/h7-9H,1-6H2,(H,17,18). The number of rotatable bonds is 3. The number of nitrogens with zero attached hydrogens (tertiary/aromatic N) is 1. The summed E-state index contributed by atoms with van der Waals surface area (Å²) in [7, 11) is 0. The van der Waals surface area contributed by atoms with E-state index in [0.29, 0.717) is 4.47 Å². The minimum absolute atomic E-state index is 0.242. The van der Waals surface area contributed by atoms with Crippen LogP contribution >= 0.6 is 15.9 Å². The summed E-state index contributed by atoms with van der Waals surface area (Å²) >= 11 is 3.19. The second-order valence-electron chi connectivity index (χ2n) is 5.16. The van der Waals surface area contributed by atoms with Crippen molar-refractivity contribution in [2.75, 3.05) is 0 Å². The van der Waals surface area contributed by atoms with Gasteiger partial charge in [0.05, 0.1) is 15.5 Å². The molecule has 1 aromatic heterocycles. The van der Waals surface area contributed by atoms with Crippen LogP contribution in [-0.2, 0) is 6.42 Å². The molecular formula is C14H16BrFN2. The van der Waals surface area contributed by atoms with Gasteiger partial charge in [-0.05, 0) is 34.3 Å². The van der Waals surface area contributed by atoms with Gasteiger partial charge in [-0.1, -0.05) is 25.7 Å². The Balaban J connectivity index is 1.76. The highest BCUT2D eigenvalue weighted by Crippen LogP contribution is 2.29. The van der Waals surface area contributed by atoms with Crippen molar-refractivity contribution < 1.29 is 4.39 Å². The molecule has 0 radical (unpaired) electrons. The van der Waals surface area contributed by atoms with E-state index in [-0.39, 0.29) is 5.82 Å². The molecule has 0 atom stereocenters. The molecule has 2 aromatic rings. The van der Waals surface area contributed by atoms with E-state index < -0.39 is 0 Å². The Morgan fingerprint density at radius 3 is 2.89 bits per heavy atom. The van der Waals surface area contributed by atoms with Crippen LogP contribution in [-0.4, -0.2) is 9.97 Å². The second kappa shape index (κ2) is 5.00.